The Labute approximate surface area is 119 Å². The summed E-state index contributed by atoms with van der Waals surface area (Å²) in [5, 5.41) is 11.6. The third-order valence-corrected chi connectivity index (χ3v) is 3.88. The highest BCUT2D eigenvalue weighted by Gasteiger charge is 2.11. The molecule has 1 aliphatic rings. The van der Waals surface area contributed by atoms with E-state index in [-0.39, 0.29) is 0 Å². The number of imidazole rings is 1. The van der Waals surface area contributed by atoms with Gasteiger partial charge < -0.3 is 9.88 Å². The molecule has 0 aliphatic carbocycles. The molecule has 2 aromatic rings. The predicted octanol–water partition coefficient (Wildman–Crippen LogP) is 2.28. The van der Waals surface area contributed by atoms with Crippen molar-refractivity contribution in [2.45, 2.75) is 46.1 Å². The van der Waals surface area contributed by atoms with Crippen LogP contribution in [0.15, 0.2) is 12.3 Å². The summed E-state index contributed by atoms with van der Waals surface area (Å²) >= 11 is 0. The van der Waals surface area contributed by atoms with Gasteiger partial charge in [0.25, 0.3) is 0 Å². The second-order valence-corrected chi connectivity index (χ2v) is 5.47. The van der Waals surface area contributed by atoms with Crippen LogP contribution in [0.3, 0.4) is 0 Å². The highest BCUT2D eigenvalue weighted by molar-refractivity contribution is 5.37. The normalized spacial score (nSPS) is 14.1. The van der Waals surface area contributed by atoms with Gasteiger partial charge in [-0.15, -0.1) is 5.10 Å². The fourth-order valence-corrected chi connectivity index (χ4v) is 2.54. The molecule has 0 bridgehead atoms. The maximum Gasteiger partial charge on any atom is 0.148 e. The SMILES string of the molecule is Cc1cc(NCCc2cn3c(n2)CCCC3)nnc1C. The van der Waals surface area contributed by atoms with Crippen molar-refractivity contribution in [2.24, 2.45) is 0 Å². The molecule has 0 spiro atoms. The van der Waals surface area contributed by atoms with Crippen LogP contribution in [0.1, 0.15) is 35.6 Å². The largest absolute Gasteiger partial charge is 0.368 e. The van der Waals surface area contributed by atoms with Gasteiger partial charge in [-0.05, 0) is 38.3 Å². The Morgan fingerprint density at radius 3 is 2.95 bits per heavy atom. The molecule has 0 radical (unpaired) electrons. The zero-order valence-electron chi connectivity index (χ0n) is 12.2. The molecule has 3 heterocycles. The van der Waals surface area contributed by atoms with E-state index >= 15 is 0 Å². The number of rotatable bonds is 4. The lowest BCUT2D eigenvalue weighted by Crippen LogP contribution is -2.09. The van der Waals surface area contributed by atoms with E-state index in [4.69, 9.17) is 4.98 Å². The van der Waals surface area contributed by atoms with Crippen molar-refractivity contribution in [3.8, 4) is 0 Å². The third-order valence-electron chi connectivity index (χ3n) is 3.88. The van der Waals surface area contributed by atoms with Gasteiger partial charge in [0.15, 0.2) is 0 Å². The van der Waals surface area contributed by atoms with E-state index in [9.17, 15) is 0 Å². The minimum Gasteiger partial charge on any atom is -0.368 e. The minimum absolute atomic E-state index is 0.841. The molecule has 5 heteroatoms. The van der Waals surface area contributed by atoms with E-state index in [0.29, 0.717) is 0 Å². The van der Waals surface area contributed by atoms with Gasteiger partial charge in [-0.2, -0.15) is 5.10 Å². The molecule has 0 saturated heterocycles. The molecule has 0 fully saturated rings. The first-order valence-corrected chi connectivity index (χ1v) is 7.32. The molecule has 5 nitrogen and oxygen atoms in total. The minimum atomic E-state index is 0.841. The number of hydrogen-bond acceptors (Lipinski definition) is 4. The number of anilines is 1. The maximum atomic E-state index is 4.70. The van der Waals surface area contributed by atoms with Gasteiger partial charge in [0.05, 0.1) is 11.4 Å². The van der Waals surface area contributed by atoms with Crippen LogP contribution >= 0.6 is 0 Å². The van der Waals surface area contributed by atoms with Crippen LogP contribution < -0.4 is 5.32 Å². The van der Waals surface area contributed by atoms with E-state index in [2.05, 4.69) is 33.2 Å². The summed E-state index contributed by atoms with van der Waals surface area (Å²) in [6.45, 7) is 5.99. The molecule has 0 unspecified atom stereocenters. The van der Waals surface area contributed by atoms with Crippen molar-refractivity contribution >= 4 is 5.82 Å². The summed E-state index contributed by atoms with van der Waals surface area (Å²) in [4.78, 5) is 4.70. The van der Waals surface area contributed by atoms with Crippen LogP contribution in [-0.2, 0) is 19.4 Å². The van der Waals surface area contributed by atoms with Gasteiger partial charge in [0, 0.05) is 32.1 Å². The topological polar surface area (TPSA) is 55.6 Å². The fourth-order valence-electron chi connectivity index (χ4n) is 2.54. The highest BCUT2D eigenvalue weighted by atomic mass is 15.2. The molecule has 0 saturated carbocycles. The van der Waals surface area contributed by atoms with E-state index in [1.165, 1.54) is 29.9 Å². The van der Waals surface area contributed by atoms with Crippen LogP contribution in [-0.4, -0.2) is 26.3 Å². The number of aryl methyl sites for hydroxylation is 4. The Balaban J connectivity index is 1.57. The first kappa shape index (κ1) is 13.1. The van der Waals surface area contributed by atoms with Crippen molar-refractivity contribution in [3.05, 3.63) is 35.0 Å². The van der Waals surface area contributed by atoms with Crippen molar-refractivity contribution in [1.82, 2.24) is 19.7 Å². The Kier molecular flexibility index (Phi) is 3.67. The lowest BCUT2D eigenvalue weighted by molar-refractivity contribution is 0.522. The van der Waals surface area contributed by atoms with Gasteiger partial charge >= 0.3 is 0 Å². The second kappa shape index (κ2) is 5.61. The molecule has 106 valence electrons. The lowest BCUT2D eigenvalue weighted by atomic mass is 10.2. The molecule has 2 aromatic heterocycles. The summed E-state index contributed by atoms with van der Waals surface area (Å²) < 4.78 is 2.30. The Hall–Kier alpha value is -1.91. The van der Waals surface area contributed by atoms with Gasteiger partial charge in [0.2, 0.25) is 0 Å². The Morgan fingerprint density at radius 1 is 1.25 bits per heavy atom. The molecule has 1 N–H and O–H groups in total. The van der Waals surface area contributed by atoms with Crippen molar-refractivity contribution in [1.29, 1.82) is 0 Å². The average Bonchev–Trinajstić information content (AvgIpc) is 2.85. The molecule has 0 amide bonds. The van der Waals surface area contributed by atoms with E-state index < -0.39 is 0 Å². The smallest absolute Gasteiger partial charge is 0.148 e. The third kappa shape index (κ3) is 2.81. The van der Waals surface area contributed by atoms with Gasteiger partial charge in [-0.25, -0.2) is 4.98 Å². The zero-order chi connectivity index (χ0) is 13.9. The first-order valence-electron chi connectivity index (χ1n) is 7.32. The molecular formula is C15H21N5. The number of hydrogen-bond donors (Lipinski definition) is 1. The summed E-state index contributed by atoms with van der Waals surface area (Å²) in [5.41, 5.74) is 3.32. The molecule has 0 atom stereocenters. The summed E-state index contributed by atoms with van der Waals surface area (Å²) in [5.74, 6) is 2.09. The molecule has 20 heavy (non-hydrogen) atoms. The van der Waals surface area contributed by atoms with Crippen LogP contribution in [0.5, 0.6) is 0 Å². The van der Waals surface area contributed by atoms with Crippen molar-refractivity contribution in [3.63, 3.8) is 0 Å². The number of nitrogens with zero attached hydrogens (tertiary/aromatic N) is 4. The maximum absolute atomic E-state index is 4.70. The molecule has 0 aromatic carbocycles. The number of fused-ring (bicyclic) bond motifs is 1. The summed E-state index contributed by atoms with van der Waals surface area (Å²) in [7, 11) is 0. The van der Waals surface area contributed by atoms with E-state index in [1.54, 1.807) is 0 Å². The van der Waals surface area contributed by atoms with E-state index in [0.717, 1.165) is 37.4 Å². The van der Waals surface area contributed by atoms with Gasteiger partial charge in [-0.3, -0.25) is 0 Å². The van der Waals surface area contributed by atoms with Crippen LogP contribution in [0.2, 0.25) is 0 Å². The Bertz CT molecular complexity index is 579. The molecule has 3 rings (SSSR count). The summed E-state index contributed by atoms with van der Waals surface area (Å²) in [6.07, 6.45) is 6.79. The molecule has 1 aliphatic heterocycles. The Morgan fingerprint density at radius 2 is 2.15 bits per heavy atom. The lowest BCUT2D eigenvalue weighted by Gasteiger charge is -2.11. The fraction of sp³-hybridized carbons (Fsp3) is 0.533. The van der Waals surface area contributed by atoms with Gasteiger partial charge in [0.1, 0.15) is 11.6 Å². The average molecular weight is 271 g/mol. The number of nitrogens with one attached hydrogen (secondary N) is 1. The van der Waals surface area contributed by atoms with E-state index in [1.807, 2.05) is 13.0 Å². The quantitative estimate of drug-likeness (QED) is 0.927. The monoisotopic (exact) mass is 271 g/mol. The van der Waals surface area contributed by atoms with Crippen molar-refractivity contribution in [2.75, 3.05) is 11.9 Å². The second-order valence-electron chi connectivity index (χ2n) is 5.47. The predicted molar refractivity (Wildman–Crippen MR) is 78.9 cm³/mol. The van der Waals surface area contributed by atoms with Crippen LogP contribution in [0, 0.1) is 13.8 Å². The van der Waals surface area contributed by atoms with Gasteiger partial charge in [-0.1, -0.05) is 0 Å². The first-order chi connectivity index (χ1) is 9.72. The summed E-state index contributed by atoms with van der Waals surface area (Å²) in [6, 6.07) is 2.04. The van der Waals surface area contributed by atoms with Crippen molar-refractivity contribution < 1.29 is 0 Å². The standard InChI is InChI=1S/C15H21N5/c1-11-9-14(19-18-12(11)2)16-7-6-13-10-20-8-4-3-5-15(20)17-13/h9-10H,3-8H2,1-2H3,(H,16,19). The van der Waals surface area contributed by atoms with Crippen LogP contribution in [0.4, 0.5) is 5.82 Å². The highest BCUT2D eigenvalue weighted by Crippen LogP contribution is 2.15. The number of aromatic nitrogens is 4. The van der Waals surface area contributed by atoms with Crippen LogP contribution in [0.25, 0.3) is 0 Å². The zero-order valence-corrected chi connectivity index (χ0v) is 12.2. The molecular weight excluding hydrogens is 250 g/mol.